The Morgan fingerprint density at radius 3 is 2.84 bits per heavy atom. The molecule has 0 aliphatic carbocycles. The summed E-state index contributed by atoms with van der Waals surface area (Å²) in [7, 11) is 1.71. The van der Waals surface area contributed by atoms with Crippen molar-refractivity contribution in [3.63, 3.8) is 0 Å². The summed E-state index contributed by atoms with van der Waals surface area (Å²) in [6, 6.07) is 4.24. The summed E-state index contributed by atoms with van der Waals surface area (Å²) in [5.41, 5.74) is 1.13. The van der Waals surface area contributed by atoms with E-state index in [0.29, 0.717) is 12.6 Å². The van der Waals surface area contributed by atoms with Crippen molar-refractivity contribution >= 4 is 0 Å². The molecule has 0 amide bonds. The fraction of sp³-hybridized carbons (Fsp3) is 0.600. The fourth-order valence-electron chi connectivity index (χ4n) is 2.85. The first kappa shape index (κ1) is 12.6. The molecule has 0 radical (unpaired) electrons. The van der Waals surface area contributed by atoms with Gasteiger partial charge in [-0.1, -0.05) is 6.42 Å². The number of rotatable bonds is 2. The molecule has 1 fully saturated rings. The lowest BCUT2D eigenvalue weighted by Gasteiger charge is -2.27. The number of fused-ring (bicyclic) bond motifs is 1. The van der Waals surface area contributed by atoms with Crippen LogP contribution in [0.4, 0.5) is 0 Å². The van der Waals surface area contributed by atoms with Crippen LogP contribution in [-0.4, -0.2) is 26.9 Å². The van der Waals surface area contributed by atoms with Crippen LogP contribution in [0.2, 0.25) is 0 Å². The topological polar surface area (TPSA) is 39.7 Å². The van der Waals surface area contributed by atoms with Crippen molar-refractivity contribution < 1.29 is 14.2 Å². The molecule has 3 rings (SSSR count). The summed E-state index contributed by atoms with van der Waals surface area (Å²) >= 11 is 0. The zero-order valence-corrected chi connectivity index (χ0v) is 11.4. The highest BCUT2D eigenvalue weighted by Crippen LogP contribution is 2.44. The second kappa shape index (κ2) is 5.70. The second-order valence-corrected chi connectivity index (χ2v) is 5.06. The van der Waals surface area contributed by atoms with E-state index in [9.17, 15) is 0 Å². The van der Waals surface area contributed by atoms with E-state index in [0.717, 1.165) is 48.8 Å². The zero-order chi connectivity index (χ0) is 13.1. The van der Waals surface area contributed by atoms with E-state index < -0.39 is 0 Å². The van der Waals surface area contributed by atoms with Crippen molar-refractivity contribution in [2.45, 2.75) is 31.7 Å². The Labute approximate surface area is 114 Å². The normalized spacial score (nSPS) is 22.7. The van der Waals surface area contributed by atoms with Gasteiger partial charge in [-0.2, -0.15) is 0 Å². The third-order valence-electron chi connectivity index (χ3n) is 3.79. The molecule has 2 aliphatic rings. The van der Waals surface area contributed by atoms with Crippen LogP contribution >= 0.6 is 0 Å². The van der Waals surface area contributed by atoms with E-state index in [1.54, 1.807) is 7.11 Å². The average Bonchev–Trinajstić information content (AvgIpc) is 2.72. The van der Waals surface area contributed by atoms with E-state index >= 15 is 0 Å². The summed E-state index contributed by atoms with van der Waals surface area (Å²) in [5.74, 6) is 2.61. The molecule has 1 aromatic carbocycles. The number of methoxy groups -OCH3 is 1. The van der Waals surface area contributed by atoms with Crippen molar-refractivity contribution in [2.24, 2.45) is 0 Å². The Morgan fingerprint density at radius 1 is 1.16 bits per heavy atom. The highest BCUT2D eigenvalue weighted by atomic mass is 16.5. The first-order valence-corrected chi connectivity index (χ1v) is 7.10. The Morgan fingerprint density at radius 2 is 2.05 bits per heavy atom. The number of hydrogen-bond acceptors (Lipinski definition) is 4. The SMILES string of the molecule is COc1ccc2c(c1C1CCCCN1)OCCCO2. The van der Waals surface area contributed by atoms with E-state index in [4.69, 9.17) is 14.2 Å². The minimum atomic E-state index is 0.306. The van der Waals surface area contributed by atoms with Crippen LogP contribution in [0.15, 0.2) is 12.1 Å². The van der Waals surface area contributed by atoms with Gasteiger partial charge in [0.05, 0.1) is 25.9 Å². The molecular weight excluding hydrogens is 242 g/mol. The molecule has 4 heteroatoms. The van der Waals surface area contributed by atoms with Gasteiger partial charge in [0.15, 0.2) is 11.5 Å². The first-order chi connectivity index (χ1) is 9.40. The van der Waals surface area contributed by atoms with Crippen LogP contribution < -0.4 is 19.5 Å². The molecule has 1 aromatic rings. The highest BCUT2D eigenvalue weighted by Gasteiger charge is 2.26. The summed E-state index contributed by atoms with van der Waals surface area (Å²) in [4.78, 5) is 0. The molecule has 1 atom stereocenters. The molecule has 19 heavy (non-hydrogen) atoms. The van der Waals surface area contributed by atoms with Gasteiger partial charge < -0.3 is 19.5 Å². The smallest absolute Gasteiger partial charge is 0.169 e. The van der Waals surface area contributed by atoms with Crippen molar-refractivity contribution in [1.29, 1.82) is 0 Å². The summed E-state index contributed by atoms with van der Waals surface area (Å²) < 4.78 is 17.2. The van der Waals surface area contributed by atoms with Gasteiger partial charge in [-0.3, -0.25) is 0 Å². The predicted octanol–water partition coefficient (Wildman–Crippen LogP) is 2.67. The molecule has 0 bridgehead atoms. The van der Waals surface area contributed by atoms with Gasteiger partial charge in [0.2, 0.25) is 0 Å². The maximum absolute atomic E-state index is 5.93. The molecule has 0 aromatic heterocycles. The number of benzene rings is 1. The van der Waals surface area contributed by atoms with Crippen LogP contribution in [0.25, 0.3) is 0 Å². The van der Waals surface area contributed by atoms with Crippen molar-refractivity contribution in [3.8, 4) is 17.2 Å². The number of piperidine rings is 1. The Kier molecular flexibility index (Phi) is 3.78. The summed E-state index contributed by atoms with van der Waals surface area (Å²) in [5, 5.41) is 3.57. The molecule has 1 N–H and O–H groups in total. The molecule has 1 unspecified atom stereocenters. The standard InChI is InChI=1S/C15H21NO3/c1-17-12-6-7-13-15(19-10-4-9-18-13)14(12)11-5-2-3-8-16-11/h6-7,11,16H,2-5,8-10H2,1H3. The van der Waals surface area contributed by atoms with Crippen molar-refractivity contribution in [3.05, 3.63) is 17.7 Å². The lowest BCUT2D eigenvalue weighted by atomic mass is 9.95. The number of nitrogens with one attached hydrogen (secondary N) is 1. The van der Waals surface area contributed by atoms with Crippen LogP contribution in [0, 0.1) is 0 Å². The molecule has 0 saturated carbocycles. The van der Waals surface area contributed by atoms with E-state index in [1.807, 2.05) is 12.1 Å². The highest BCUT2D eigenvalue weighted by molar-refractivity contribution is 5.55. The van der Waals surface area contributed by atoms with Gasteiger partial charge in [0.1, 0.15) is 5.75 Å². The Bertz CT molecular complexity index is 441. The van der Waals surface area contributed by atoms with Crippen molar-refractivity contribution in [1.82, 2.24) is 5.32 Å². The fourth-order valence-corrected chi connectivity index (χ4v) is 2.85. The van der Waals surface area contributed by atoms with Gasteiger partial charge in [0.25, 0.3) is 0 Å². The number of ether oxygens (including phenoxy) is 3. The predicted molar refractivity (Wildman–Crippen MR) is 73.2 cm³/mol. The molecule has 104 valence electrons. The van der Waals surface area contributed by atoms with E-state index in [-0.39, 0.29) is 0 Å². The second-order valence-electron chi connectivity index (χ2n) is 5.06. The molecule has 2 heterocycles. The Balaban J connectivity index is 2.02. The minimum Gasteiger partial charge on any atom is -0.496 e. The summed E-state index contributed by atoms with van der Waals surface area (Å²) in [6.45, 7) is 2.48. The molecule has 4 nitrogen and oxygen atoms in total. The van der Waals surface area contributed by atoms with Crippen LogP contribution in [0.3, 0.4) is 0 Å². The first-order valence-electron chi connectivity index (χ1n) is 7.10. The van der Waals surface area contributed by atoms with Crippen molar-refractivity contribution in [2.75, 3.05) is 26.9 Å². The largest absolute Gasteiger partial charge is 0.496 e. The molecular formula is C15H21NO3. The van der Waals surface area contributed by atoms with Crippen LogP contribution in [0.5, 0.6) is 17.2 Å². The Hall–Kier alpha value is -1.42. The van der Waals surface area contributed by atoms with Crippen LogP contribution in [-0.2, 0) is 0 Å². The van der Waals surface area contributed by atoms with Gasteiger partial charge in [-0.15, -0.1) is 0 Å². The number of hydrogen-bond donors (Lipinski definition) is 1. The quantitative estimate of drug-likeness (QED) is 0.890. The lowest BCUT2D eigenvalue weighted by molar-refractivity contribution is 0.292. The van der Waals surface area contributed by atoms with Gasteiger partial charge in [0, 0.05) is 12.5 Å². The molecule has 1 saturated heterocycles. The summed E-state index contributed by atoms with van der Waals surface area (Å²) in [6.07, 6.45) is 4.53. The maximum Gasteiger partial charge on any atom is 0.169 e. The molecule has 2 aliphatic heterocycles. The monoisotopic (exact) mass is 263 g/mol. The van der Waals surface area contributed by atoms with Crippen LogP contribution in [0.1, 0.15) is 37.3 Å². The third kappa shape index (κ3) is 2.50. The van der Waals surface area contributed by atoms with Gasteiger partial charge >= 0.3 is 0 Å². The lowest BCUT2D eigenvalue weighted by Crippen LogP contribution is -2.27. The maximum atomic E-state index is 5.93. The minimum absolute atomic E-state index is 0.306. The van der Waals surface area contributed by atoms with Gasteiger partial charge in [-0.25, -0.2) is 0 Å². The third-order valence-corrected chi connectivity index (χ3v) is 3.79. The van der Waals surface area contributed by atoms with E-state index in [2.05, 4.69) is 5.32 Å². The zero-order valence-electron chi connectivity index (χ0n) is 11.4. The van der Waals surface area contributed by atoms with E-state index in [1.165, 1.54) is 12.8 Å². The molecule has 0 spiro atoms. The van der Waals surface area contributed by atoms with Gasteiger partial charge in [-0.05, 0) is 31.5 Å². The average molecular weight is 263 g/mol.